The lowest BCUT2D eigenvalue weighted by molar-refractivity contribution is 0.761. The van der Waals surface area contributed by atoms with Crippen molar-refractivity contribution in [2.75, 3.05) is 5.32 Å². The van der Waals surface area contributed by atoms with Crippen molar-refractivity contribution < 1.29 is 0 Å². The molecule has 1 N–H and O–H groups in total. The van der Waals surface area contributed by atoms with Crippen LogP contribution in [0, 0.1) is 0 Å². The van der Waals surface area contributed by atoms with E-state index in [9.17, 15) is 0 Å². The molecule has 114 valence electrons. The summed E-state index contributed by atoms with van der Waals surface area (Å²) in [6.45, 7) is 0. The molecule has 2 aromatic heterocycles. The molecular formula is C17H14ClN5. The summed E-state index contributed by atoms with van der Waals surface area (Å²) in [6.07, 6.45) is 10.4. The number of hydrogen-bond acceptors (Lipinski definition) is 5. The molecule has 1 atom stereocenters. The fraction of sp³-hybridized carbons (Fsp3) is 0.176. The molecule has 1 aliphatic carbocycles. The molecule has 1 unspecified atom stereocenters. The van der Waals surface area contributed by atoms with Crippen LogP contribution < -0.4 is 5.32 Å². The summed E-state index contributed by atoms with van der Waals surface area (Å²) in [7, 11) is 0. The van der Waals surface area contributed by atoms with Gasteiger partial charge in [0.2, 0.25) is 5.95 Å². The lowest BCUT2D eigenvalue weighted by Crippen LogP contribution is -2.20. The van der Waals surface area contributed by atoms with Crippen LogP contribution in [0.1, 0.15) is 11.1 Å². The van der Waals surface area contributed by atoms with Crippen LogP contribution in [-0.2, 0) is 12.8 Å². The minimum Gasteiger partial charge on any atom is -0.351 e. The van der Waals surface area contributed by atoms with Crippen LogP contribution >= 0.6 is 11.6 Å². The van der Waals surface area contributed by atoms with Crippen LogP contribution in [0.25, 0.3) is 11.3 Å². The number of hydrogen-bond donors (Lipinski definition) is 1. The van der Waals surface area contributed by atoms with Gasteiger partial charge in [0.15, 0.2) is 0 Å². The zero-order valence-electron chi connectivity index (χ0n) is 12.3. The highest BCUT2D eigenvalue weighted by atomic mass is 35.5. The van der Waals surface area contributed by atoms with Crippen LogP contribution in [0.5, 0.6) is 0 Å². The van der Waals surface area contributed by atoms with Gasteiger partial charge >= 0.3 is 0 Å². The van der Waals surface area contributed by atoms with Gasteiger partial charge in [-0.05, 0) is 36.1 Å². The molecule has 0 radical (unpaired) electrons. The number of anilines is 1. The molecule has 1 aromatic carbocycles. The Morgan fingerprint density at radius 3 is 2.57 bits per heavy atom. The first-order valence-corrected chi connectivity index (χ1v) is 7.78. The van der Waals surface area contributed by atoms with Crippen LogP contribution in [0.3, 0.4) is 0 Å². The molecule has 5 nitrogen and oxygen atoms in total. The van der Waals surface area contributed by atoms with Gasteiger partial charge in [0.05, 0.1) is 11.9 Å². The monoisotopic (exact) mass is 323 g/mol. The third-order valence-corrected chi connectivity index (χ3v) is 4.18. The van der Waals surface area contributed by atoms with Crippen molar-refractivity contribution in [2.45, 2.75) is 18.9 Å². The second-order valence-corrected chi connectivity index (χ2v) is 5.98. The average Bonchev–Trinajstić information content (AvgIpc) is 2.97. The summed E-state index contributed by atoms with van der Waals surface area (Å²) in [5, 5.41) is 4.17. The van der Waals surface area contributed by atoms with E-state index in [1.807, 2.05) is 12.1 Å². The van der Waals surface area contributed by atoms with Gasteiger partial charge < -0.3 is 5.32 Å². The van der Waals surface area contributed by atoms with Gasteiger partial charge in [0.1, 0.15) is 0 Å². The minimum atomic E-state index is 0.297. The van der Waals surface area contributed by atoms with Crippen molar-refractivity contribution in [3.05, 3.63) is 65.3 Å². The van der Waals surface area contributed by atoms with Crippen molar-refractivity contribution in [1.29, 1.82) is 0 Å². The molecular weight excluding hydrogens is 310 g/mol. The van der Waals surface area contributed by atoms with Gasteiger partial charge in [-0.3, -0.25) is 9.97 Å². The van der Waals surface area contributed by atoms with Crippen LogP contribution in [0.15, 0.2) is 49.2 Å². The Hall–Kier alpha value is -2.53. The maximum Gasteiger partial charge on any atom is 0.222 e. The number of nitrogens with zero attached hydrogens (tertiary/aromatic N) is 4. The van der Waals surface area contributed by atoms with E-state index in [0.29, 0.717) is 12.0 Å². The van der Waals surface area contributed by atoms with Crippen molar-refractivity contribution in [2.24, 2.45) is 0 Å². The third-order valence-electron chi connectivity index (χ3n) is 3.94. The zero-order chi connectivity index (χ0) is 15.6. The smallest absolute Gasteiger partial charge is 0.222 e. The van der Waals surface area contributed by atoms with E-state index in [0.717, 1.165) is 29.1 Å². The SMILES string of the molecule is Clc1ccc2c(c1)CC(Nc1ncc(-c3cnccn3)cn1)C2. The second-order valence-electron chi connectivity index (χ2n) is 5.55. The fourth-order valence-electron chi connectivity index (χ4n) is 2.85. The predicted octanol–water partition coefficient (Wildman–Crippen LogP) is 3.17. The summed E-state index contributed by atoms with van der Waals surface area (Å²) < 4.78 is 0. The zero-order valence-corrected chi connectivity index (χ0v) is 13.0. The Bertz CT molecular complexity index is 820. The minimum absolute atomic E-state index is 0.297. The van der Waals surface area contributed by atoms with Crippen LogP contribution in [0.2, 0.25) is 5.02 Å². The maximum atomic E-state index is 6.05. The highest BCUT2D eigenvalue weighted by molar-refractivity contribution is 6.30. The first-order chi connectivity index (χ1) is 11.3. The number of nitrogens with one attached hydrogen (secondary N) is 1. The highest BCUT2D eigenvalue weighted by Crippen LogP contribution is 2.26. The lowest BCUT2D eigenvalue weighted by atomic mass is 10.1. The molecule has 4 rings (SSSR count). The summed E-state index contributed by atoms with van der Waals surface area (Å²) in [4.78, 5) is 17.1. The van der Waals surface area contributed by atoms with Gasteiger partial charge in [-0.15, -0.1) is 0 Å². The Kier molecular flexibility index (Phi) is 3.63. The standard InChI is InChI=1S/C17H14ClN5/c18-14-2-1-11-6-15(7-12(11)5-14)23-17-21-8-13(9-22-17)16-10-19-3-4-20-16/h1-5,8-10,15H,6-7H2,(H,21,22,23). The molecule has 0 spiro atoms. The second kappa shape index (κ2) is 5.93. The molecule has 0 fully saturated rings. The largest absolute Gasteiger partial charge is 0.351 e. The van der Waals surface area contributed by atoms with Crippen molar-refractivity contribution in [3.8, 4) is 11.3 Å². The number of fused-ring (bicyclic) bond motifs is 1. The maximum absolute atomic E-state index is 6.05. The predicted molar refractivity (Wildman–Crippen MR) is 89.3 cm³/mol. The summed E-state index contributed by atoms with van der Waals surface area (Å²) in [5.74, 6) is 0.626. The van der Waals surface area contributed by atoms with Crippen molar-refractivity contribution in [1.82, 2.24) is 19.9 Å². The van der Waals surface area contributed by atoms with E-state index >= 15 is 0 Å². The Labute approximate surface area is 138 Å². The molecule has 2 heterocycles. The molecule has 0 saturated carbocycles. The lowest BCUT2D eigenvalue weighted by Gasteiger charge is -2.11. The fourth-order valence-corrected chi connectivity index (χ4v) is 3.05. The van der Waals surface area contributed by atoms with E-state index < -0.39 is 0 Å². The molecule has 1 aliphatic rings. The van der Waals surface area contributed by atoms with Crippen LogP contribution in [-0.4, -0.2) is 26.0 Å². The Balaban J connectivity index is 1.46. The molecule has 6 heteroatoms. The third kappa shape index (κ3) is 3.00. The van der Waals surface area contributed by atoms with Gasteiger partial charge in [0.25, 0.3) is 0 Å². The number of benzene rings is 1. The van der Waals surface area contributed by atoms with E-state index in [2.05, 4.69) is 31.3 Å². The molecule has 0 amide bonds. The normalized spacial score (nSPS) is 16.1. The Morgan fingerprint density at radius 2 is 1.78 bits per heavy atom. The molecule has 0 saturated heterocycles. The van der Waals surface area contributed by atoms with Gasteiger partial charge in [-0.25, -0.2) is 9.97 Å². The summed E-state index contributed by atoms with van der Waals surface area (Å²) in [6, 6.07) is 6.37. The topological polar surface area (TPSA) is 63.6 Å². The van der Waals surface area contributed by atoms with Crippen LogP contribution in [0.4, 0.5) is 5.95 Å². The molecule has 0 aliphatic heterocycles. The van der Waals surface area contributed by atoms with Gasteiger partial charge in [0, 0.05) is 41.4 Å². The van der Waals surface area contributed by atoms with E-state index in [1.54, 1.807) is 31.0 Å². The van der Waals surface area contributed by atoms with Crippen molar-refractivity contribution in [3.63, 3.8) is 0 Å². The van der Waals surface area contributed by atoms with E-state index in [1.165, 1.54) is 11.1 Å². The molecule has 3 aromatic rings. The van der Waals surface area contributed by atoms with Gasteiger partial charge in [-0.2, -0.15) is 0 Å². The number of rotatable bonds is 3. The average molecular weight is 324 g/mol. The molecule has 0 bridgehead atoms. The summed E-state index contributed by atoms with van der Waals surface area (Å²) in [5.41, 5.74) is 4.25. The quantitative estimate of drug-likeness (QED) is 0.802. The number of aromatic nitrogens is 4. The van der Waals surface area contributed by atoms with Crippen molar-refractivity contribution >= 4 is 17.5 Å². The Morgan fingerprint density at radius 1 is 0.957 bits per heavy atom. The van der Waals surface area contributed by atoms with E-state index in [4.69, 9.17) is 11.6 Å². The highest BCUT2D eigenvalue weighted by Gasteiger charge is 2.22. The van der Waals surface area contributed by atoms with E-state index in [-0.39, 0.29) is 0 Å². The van der Waals surface area contributed by atoms with Gasteiger partial charge in [-0.1, -0.05) is 17.7 Å². The first kappa shape index (κ1) is 14.1. The first-order valence-electron chi connectivity index (χ1n) is 7.40. The molecule has 23 heavy (non-hydrogen) atoms. The number of halogens is 1. The summed E-state index contributed by atoms with van der Waals surface area (Å²) >= 11 is 6.05.